The highest BCUT2D eigenvalue weighted by atomic mass is 35.5. The smallest absolute Gasteiger partial charge is 0.239 e. The number of nitrogens with zero attached hydrogens (tertiary/aromatic N) is 1. The Bertz CT molecular complexity index is 1360. The van der Waals surface area contributed by atoms with E-state index in [1.807, 2.05) is 104 Å². The van der Waals surface area contributed by atoms with Gasteiger partial charge in [-0.1, -0.05) is 84.4 Å². The summed E-state index contributed by atoms with van der Waals surface area (Å²) in [6, 6.07) is 32.9. The van der Waals surface area contributed by atoms with E-state index in [0.29, 0.717) is 16.5 Å². The second-order valence-electron chi connectivity index (χ2n) is 8.11. The fraction of sp³-hybridized carbons (Fsp3) is 0.0714. The molecule has 4 nitrogen and oxygen atoms in total. The highest BCUT2D eigenvalue weighted by molar-refractivity contribution is 6.33. The van der Waals surface area contributed by atoms with Crippen LogP contribution in [-0.4, -0.2) is 15.9 Å². The lowest BCUT2D eigenvalue weighted by Gasteiger charge is -2.29. The summed E-state index contributed by atoms with van der Waals surface area (Å²) >= 11 is 6.50. The zero-order valence-electron chi connectivity index (χ0n) is 18.0. The minimum absolute atomic E-state index is 0.127. The molecule has 0 aliphatic heterocycles. The van der Waals surface area contributed by atoms with Crippen LogP contribution in [0.2, 0.25) is 5.02 Å². The number of para-hydroxylation sites is 2. The predicted molar refractivity (Wildman–Crippen MR) is 135 cm³/mol. The Morgan fingerprint density at radius 2 is 1.45 bits per heavy atom. The van der Waals surface area contributed by atoms with Gasteiger partial charge in [0.2, 0.25) is 5.91 Å². The second-order valence-corrected chi connectivity index (χ2v) is 8.52. The maximum atomic E-state index is 13.7. The van der Waals surface area contributed by atoms with Gasteiger partial charge in [0.25, 0.3) is 0 Å². The van der Waals surface area contributed by atoms with Gasteiger partial charge in [-0.05, 0) is 48.4 Å². The van der Waals surface area contributed by atoms with Crippen molar-refractivity contribution < 1.29 is 4.79 Å². The van der Waals surface area contributed by atoms with Crippen molar-refractivity contribution >= 4 is 34.2 Å². The average Bonchev–Trinajstić information content (AvgIpc) is 3.30. The van der Waals surface area contributed by atoms with E-state index in [2.05, 4.69) is 15.3 Å². The maximum Gasteiger partial charge on any atom is 0.239 e. The Kier molecular flexibility index (Phi) is 5.45. The molecule has 1 amide bonds. The van der Waals surface area contributed by atoms with Gasteiger partial charge in [-0.25, -0.2) is 4.98 Å². The van der Waals surface area contributed by atoms with Gasteiger partial charge in [0, 0.05) is 11.3 Å². The molecule has 1 aromatic heterocycles. The van der Waals surface area contributed by atoms with Crippen LogP contribution >= 0.6 is 11.6 Å². The summed E-state index contributed by atoms with van der Waals surface area (Å²) in [7, 11) is 0. The number of hydrogen-bond acceptors (Lipinski definition) is 2. The van der Waals surface area contributed by atoms with Crippen LogP contribution in [0.4, 0.5) is 5.69 Å². The van der Waals surface area contributed by atoms with Crippen LogP contribution in [0.5, 0.6) is 0 Å². The molecule has 0 fully saturated rings. The number of rotatable bonds is 5. The van der Waals surface area contributed by atoms with Gasteiger partial charge in [-0.2, -0.15) is 0 Å². The van der Waals surface area contributed by atoms with E-state index >= 15 is 0 Å². The quantitative estimate of drug-likeness (QED) is 0.307. The van der Waals surface area contributed by atoms with Crippen LogP contribution in [0.1, 0.15) is 18.1 Å². The number of benzene rings is 4. The third-order valence-electron chi connectivity index (χ3n) is 6.03. The van der Waals surface area contributed by atoms with Crippen molar-refractivity contribution in [2.75, 3.05) is 5.32 Å². The van der Waals surface area contributed by atoms with Crippen molar-refractivity contribution in [2.24, 2.45) is 0 Å². The molecule has 0 aliphatic carbocycles. The Hall–Kier alpha value is -3.89. The van der Waals surface area contributed by atoms with Crippen LogP contribution in [0.15, 0.2) is 103 Å². The highest BCUT2D eigenvalue weighted by Crippen LogP contribution is 2.35. The summed E-state index contributed by atoms with van der Waals surface area (Å²) in [6.07, 6.45) is 0. The summed E-state index contributed by atoms with van der Waals surface area (Å²) in [5.74, 6) is 0.531. The van der Waals surface area contributed by atoms with E-state index in [-0.39, 0.29) is 5.91 Å². The first-order valence-corrected chi connectivity index (χ1v) is 11.1. The Labute approximate surface area is 197 Å². The highest BCUT2D eigenvalue weighted by Gasteiger charge is 2.37. The molecule has 0 unspecified atom stereocenters. The van der Waals surface area contributed by atoms with Crippen molar-refractivity contribution in [1.82, 2.24) is 9.97 Å². The lowest BCUT2D eigenvalue weighted by Crippen LogP contribution is -2.38. The number of nitrogens with one attached hydrogen (secondary N) is 2. The fourth-order valence-corrected chi connectivity index (χ4v) is 4.30. The number of fused-ring (bicyclic) bond motifs is 1. The molecule has 0 saturated carbocycles. The molecule has 4 aromatic carbocycles. The third kappa shape index (κ3) is 3.90. The molecule has 162 valence electrons. The number of aromatic amines is 1. The number of carbonyl (C=O) groups excluding carboxylic acids is 1. The summed E-state index contributed by atoms with van der Waals surface area (Å²) in [6.45, 7) is 1.95. The fourth-order valence-electron chi connectivity index (χ4n) is 4.09. The number of hydrogen-bond donors (Lipinski definition) is 2. The van der Waals surface area contributed by atoms with Gasteiger partial charge in [0.05, 0.1) is 21.5 Å². The number of amides is 1. The van der Waals surface area contributed by atoms with Gasteiger partial charge in [0.15, 0.2) is 0 Å². The van der Waals surface area contributed by atoms with E-state index in [1.165, 1.54) is 0 Å². The van der Waals surface area contributed by atoms with Crippen molar-refractivity contribution in [3.8, 4) is 11.4 Å². The molecule has 1 heterocycles. The van der Waals surface area contributed by atoms with Crippen molar-refractivity contribution in [3.05, 3.63) is 119 Å². The van der Waals surface area contributed by atoms with Crippen LogP contribution < -0.4 is 5.32 Å². The first-order chi connectivity index (χ1) is 16.1. The van der Waals surface area contributed by atoms with Crippen LogP contribution in [0.25, 0.3) is 22.4 Å². The molecule has 0 atom stereocenters. The first kappa shape index (κ1) is 21.0. The number of imidazole rings is 1. The van der Waals surface area contributed by atoms with Crippen LogP contribution in [0.3, 0.4) is 0 Å². The lowest BCUT2D eigenvalue weighted by atomic mass is 9.75. The average molecular weight is 452 g/mol. The number of aromatic nitrogens is 2. The van der Waals surface area contributed by atoms with Gasteiger partial charge in [-0.3, -0.25) is 4.79 Å². The summed E-state index contributed by atoms with van der Waals surface area (Å²) in [5, 5.41) is 3.67. The molecule has 0 radical (unpaired) electrons. The molecule has 5 rings (SSSR count). The zero-order chi connectivity index (χ0) is 22.8. The Morgan fingerprint density at radius 1 is 0.848 bits per heavy atom. The summed E-state index contributed by atoms with van der Waals surface area (Å²) in [5.41, 5.74) is 4.13. The van der Waals surface area contributed by atoms with E-state index in [4.69, 9.17) is 11.6 Å². The lowest BCUT2D eigenvalue weighted by molar-refractivity contribution is -0.119. The molecular formula is C28H22ClN3O. The van der Waals surface area contributed by atoms with Crippen LogP contribution in [0, 0.1) is 0 Å². The normalized spacial score (nSPS) is 11.5. The minimum Gasteiger partial charge on any atom is -0.338 e. The molecule has 0 bridgehead atoms. The Balaban J connectivity index is 1.53. The molecule has 5 heteroatoms. The number of H-pyrrole nitrogens is 1. The SMILES string of the molecule is CC(C(=O)Nc1ccc(Cl)c(-c2nc3ccccc3[nH]2)c1)(c1ccccc1)c1ccccc1. The predicted octanol–water partition coefficient (Wildman–Crippen LogP) is 6.83. The molecule has 0 saturated heterocycles. The second kappa shape index (κ2) is 8.57. The summed E-state index contributed by atoms with van der Waals surface area (Å²) in [4.78, 5) is 21.7. The first-order valence-electron chi connectivity index (χ1n) is 10.7. The standard InChI is InChI=1S/C28H22ClN3O/c1-28(19-10-4-2-5-11-19,20-12-6-3-7-13-20)27(33)30-21-16-17-23(29)22(18-21)26-31-24-14-8-9-15-25(24)32-26/h2-18H,1H3,(H,30,33)(H,31,32). The zero-order valence-corrected chi connectivity index (χ0v) is 18.8. The van der Waals surface area contributed by atoms with E-state index in [1.54, 1.807) is 6.07 Å². The van der Waals surface area contributed by atoms with Crippen molar-refractivity contribution in [1.29, 1.82) is 0 Å². The third-order valence-corrected chi connectivity index (χ3v) is 6.35. The van der Waals surface area contributed by atoms with Crippen molar-refractivity contribution in [2.45, 2.75) is 12.3 Å². The van der Waals surface area contributed by atoms with E-state index < -0.39 is 5.41 Å². The molecule has 0 aliphatic rings. The summed E-state index contributed by atoms with van der Waals surface area (Å²) < 4.78 is 0. The number of carbonyl (C=O) groups is 1. The molecular weight excluding hydrogens is 430 g/mol. The van der Waals surface area contributed by atoms with Gasteiger partial charge in [-0.15, -0.1) is 0 Å². The Morgan fingerprint density at radius 3 is 2.09 bits per heavy atom. The monoisotopic (exact) mass is 451 g/mol. The van der Waals surface area contributed by atoms with E-state index in [0.717, 1.165) is 27.7 Å². The van der Waals surface area contributed by atoms with Gasteiger partial charge < -0.3 is 10.3 Å². The van der Waals surface area contributed by atoms with Gasteiger partial charge in [0.1, 0.15) is 5.82 Å². The van der Waals surface area contributed by atoms with Crippen molar-refractivity contribution in [3.63, 3.8) is 0 Å². The number of anilines is 1. The van der Waals surface area contributed by atoms with E-state index in [9.17, 15) is 4.79 Å². The topological polar surface area (TPSA) is 57.8 Å². The molecule has 33 heavy (non-hydrogen) atoms. The van der Waals surface area contributed by atoms with Gasteiger partial charge >= 0.3 is 0 Å². The van der Waals surface area contributed by atoms with Crippen LogP contribution in [-0.2, 0) is 10.2 Å². The maximum absolute atomic E-state index is 13.7. The molecule has 5 aromatic rings. The number of halogens is 1. The largest absolute Gasteiger partial charge is 0.338 e. The minimum atomic E-state index is -0.873. The molecule has 0 spiro atoms. The molecule has 2 N–H and O–H groups in total.